The monoisotopic (exact) mass is 415 g/mol. The standard InChI is InChI=1S/C15H17N3O5S3/c1-7-5-26-14-10(13(20)18(14)11(7)15(21)22)16-12(19)9(17-23-2)8-6-24-3-4-25-8/h6,10,14H,3-5H2,1-2H3,(H,16,19)(H,21,22)/t10?,14-/m1/s1. The molecule has 2 amide bonds. The van der Waals surface area contributed by atoms with Gasteiger partial charge in [0, 0.05) is 22.2 Å². The first-order valence-electron chi connectivity index (χ1n) is 7.70. The molecule has 1 fully saturated rings. The molecule has 0 aromatic rings. The summed E-state index contributed by atoms with van der Waals surface area (Å²) < 4.78 is 0. The Hall–Kier alpha value is -1.59. The SMILES string of the molecule is CON=C(C(=O)NC1C(=O)N2C(C(=O)O)=C(C)CS[C@H]12)C1=CSCCS1. The van der Waals surface area contributed by atoms with Crippen LogP contribution in [-0.4, -0.2) is 69.3 Å². The van der Waals surface area contributed by atoms with Gasteiger partial charge in [-0.2, -0.15) is 0 Å². The van der Waals surface area contributed by atoms with Crippen LogP contribution in [0.1, 0.15) is 6.92 Å². The summed E-state index contributed by atoms with van der Waals surface area (Å²) in [5, 5.41) is 17.3. The van der Waals surface area contributed by atoms with Gasteiger partial charge in [-0.3, -0.25) is 14.5 Å². The minimum atomic E-state index is -1.13. The predicted octanol–water partition coefficient (Wildman–Crippen LogP) is 1.07. The number of carbonyl (C=O) groups excluding carboxylic acids is 2. The molecule has 0 aromatic heterocycles. The summed E-state index contributed by atoms with van der Waals surface area (Å²) in [7, 11) is 1.36. The van der Waals surface area contributed by atoms with Gasteiger partial charge in [0.05, 0.1) is 0 Å². The van der Waals surface area contributed by atoms with Gasteiger partial charge < -0.3 is 15.3 Å². The molecular formula is C15H17N3O5S3. The number of rotatable bonds is 5. The fourth-order valence-corrected chi connectivity index (χ4v) is 6.12. The Morgan fingerprint density at radius 3 is 2.81 bits per heavy atom. The lowest BCUT2D eigenvalue weighted by Crippen LogP contribution is -2.71. The Labute approximate surface area is 162 Å². The average Bonchev–Trinajstić information content (AvgIpc) is 2.64. The van der Waals surface area contributed by atoms with Crippen molar-refractivity contribution in [1.82, 2.24) is 10.2 Å². The Kier molecular flexibility index (Phi) is 5.88. The third-order valence-electron chi connectivity index (χ3n) is 3.93. The van der Waals surface area contributed by atoms with Crippen molar-refractivity contribution in [2.75, 3.05) is 24.4 Å². The van der Waals surface area contributed by atoms with Crippen molar-refractivity contribution in [3.63, 3.8) is 0 Å². The van der Waals surface area contributed by atoms with Crippen molar-refractivity contribution in [3.05, 3.63) is 21.6 Å². The second-order valence-corrected chi connectivity index (χ2v) is 8.84. The van der Waals surface area contributed by atoms with Crippen molar-refractivity contribution in [1.29, 1.82) is 0 Å². The quantitative estimate of drug-likeness (QED) is 0.390. The first kappa shape index (κ1) is 19.2. The molecule has 0 bridgehead atoms. The number of aliphatic carboxylic acids is 1. The summed E-state index contributed by atoms with van der Waals surface area (Å²) in [5.74, 6) is 0.243. The van der Waals surface area contributed by atoms with Gasteiger partial charge in [-0.15, -0.1) is 35.3 Å². The zero-order chi connectivity index (χ0) is 18.8. The molecule has 0 aliphatic carbocycles. The maximum Gasteiger partial charge on any atom is 0.352 e. The first-order chi connectivity index (χ1) is 12.5. The maximum absolute atomic E-state index is 12.6. The fourth-order valence-electron chi connectivity index (χ4n) is 2.77. The van der Waals surface area contributed by atoms with E-state index in [1.807, 2.05) is 5.41 Å². The molecule has 0 saturated carbocycles. The van der Waals surface area contributed by atoms with Crippen molar-refractivity contribution >= 4 is 58.8 Å². The highest BCUT2D eigenvalue weighted by Crippen LogP contribution is 2.40. The van der Waals surface area contributed by atoms with Gasteiger partial charge in [0.1, 0.15) is 24.2 Å². The molecule has 1 unspecified atom stereocenters. The van der Waals surface area contributed by atoms with Crippen LogP contribution < -0.4 is 5.32 Å². The molecule has 11 heteroatoms. The van der Waals surface area contributed by atoms with Crippen molar-refractivity contribution in [2.45, 2.75) is 18.3 Å². The Bertz CT molecular complexity index is 749. The Balaban J connectivity index is 1.75. The molecule has 1 saturated heterocycles. The number of β-lactam (4-membered cyclic amide) rings is 1. The highest BCUT2D eigenvalue weighted by Gasteiger charge is 2.54. The van der Waals surface area contributed by atoms with E-state index < -0.39 is 29.2 Å². The van der Waals surface area contributed by atoms with Crippen LogP contribution >= 0.6 is 35.3 Å². The van der Waals surface area contributed by atoms with E-state index in [9.17, 15) is 19.5 Å². The average molecular weight is 416 g/mol. The van der Waals surface area contributed by atoms with Crippen LogP contribution in [0, 0.1) is 0 Å². The molecular weight excluding hydrogens is 398 g/mol. The van der Waals surface area contributed by atoms with Gasteiger partial charge in [-0.05, 0) is 17.9 Å². The summed E-state index contributed by atoms with van der Waals surface area (Å²) in [6, 6.07) is -0.779. The van der Waals surface area contributed by atoms with Crippen LogP contribution in [0.2, 0.25) is 0 Å². The van der Waals surface area contributed by atoms with Gasteiger partial charge >= 0.3 is 5.97 Å². The highest BCUT2D eigenvalue weighted by molar-refractivity contribution is 8.10. The van der Waals surface area contributed by atoms with Gasteiger partial charge in [-0.25, -0.2) is 4.79 Å². The number of oxime groups is 1. The van der Waals surface area contributed by atoms with Crippen molar-refractivity contribution < 1.29 is 24.3 Å². The molecule has 2 atom stereocenters. The topological polar surface area (TPSA) is 108 Å². The highest BCUT2D eigenvalue weighted by atomic mass is 32.2. The second kappa shape index (κ2) is 7.97. The minimum Gasteiger partial charge on any atom is -0.477 e. The number of carboxylic acids is 1. The molecule has 3 aliphatic heterocycles. The van der Waals surface area contributed by atoms with Crippen LogP contribution in [0.5, 0.6) is 0 Å². The van der Waals surface area contributed by atoms with Crippen molar-refractivity contribution in [2.24, 2.45) is 5.16 Å². The van der Waals surface area contributed by atoms with Crippen molar-refractivity contribution in [3.8, 4) is 0 Å². The third kappa shape index (κ3) is 3.47. The lowest BCUT2D eigenvalue weighted by atomic mass is 10.0. The number of fused-ring (bicyclic) bond motifs is 1. The first-order valence-corrected chi connectivity index (χ1v) is 10.8. The van der Waals surface area contributed by atoms with Gasteiger partial charge in [0.2, 0.25) is 0 Å². The number of nitrogens with one attached hydrogen (secondary N) is 1. The van der Waals surface area contributed by atoms with Crippen LogP contribution in [0.25, 0.3) is 0 Å². The van der Waals surface area contributed by atoms with Gasteiger partial charge in [0.15, 0.2) is 5.71 Å². The van der Waals surface area contributed by atoms with Crippen LogP contribution in [0.15, 0.2) is 26.7 Å². The fraction of sp³-hybridized carbons (Fsp3) is 0.467. The van der Waals surface area contributed by atoms with Crippen LogP contribution in [-0.2, 0) is 19.2 Å². The molecule has 2 N–H and O–H groups in total. The number of hydrogen-bond acceptors (Lipinski definition) is 8. The lowest BCUT2D eigenvalue weighted by molar-refractivity contribution is -0.150. The van der Waals surface area contributed by atoms with E-state index in [4.69, 9.17) is 4.84 Å². The summed E-state index contributed by atoms with van der Waals surface area (Å²) >= 11 is 4.52. The molecule has 0 aromatic carbocycles. The van der Waals surface area contributed by atoms with E-state index in [1.54, 1.807) is 18.7 Å². The summed E-state index contributed by atoms with van der Waals surface area (Å²) in [6.07, 6.45) is 0. The van der Waals surface area contributed by atoms with Gasteiger partial charge in [-0.1, -0.05) is 5.16 Å². The molecule has 140 valence electrons. The third-order valence-corrected chi connectivity index (χ3v) is 7.63. The van der Waals surface area contributed by atoms with Gasteiger partial charge in [0.25, 0.3) is 11.8 Å². The molecule has 0 spiro atoms. The largest absolute Gasteiger partial charge is 0.477 e. The number of hydrogen-bond donors (Lipinski definition) is 2. The maximum atomic E-state index is 12.6. The molecule has 26 heavy (non-hydrogen) atoms. The number of amides is 2. The predicted molar refractivity (Wildman–Crippen MR) is 103 cm³/mol. The van der Waals surface area contributed by atoms with E-state index in [0.717, 1.165) is 11.5 Å². The van der Waals surface area contributed by atoms with E-state index in [2.05, 4.69) is 10.5 Å². The smallest absolute Gasteiger partial charge is 0.352 e. The van der Waals surface area contributed by atoms with E-state index in [0.29, 0.717) is 16.2 Å². The number of carboxylic acid groups (broad SMARTS) is 1. The minimum absolute atomic E-state index is 0.0111. The summed E-state index contributed by atoms with van der Waals surface area (Å²) in [4.78, 5) is 43.3. The van der Waals surface area contributed by atoms with Crippen LogP contribution in [0.4, 0.5) is 0 Å². The summed E-state index contributed by atoms with van der Waals surface area (Å²) in [5.41, 5.74) is 0.776. The normalized spacial score (nSPS) is 25.9. The molecule has 3 aliphatic rings. The van der Waals surface area contributed by atoms with E-state index >= 15 is 0 Å². The molecule has 0 radical (unpaired) electrons. The number of carbonyl (C=O) groups is 3. The summed E-state index contributed by atoms with van der Waals surface area (Å²) in [6.45, 7) is 1.69. The second-order valence-electron chi connectivity index (χ2n) is 5.62. The van der Waals surface area contributed by atoms with E-state index in [-0.39, 0.29) is 11.4 Å². The number of nitrogens with zero attached hydrogens (tertiary/aromatic N) is 2. The zero-order valence-corrected chi connectivity index (χ0v) is 16.5. The van der Waals surface area contributed by atoms with E-state index in [1.165, 1.54) is 35.5 Å². The zero-order valence-electron chi connectivity index (χ0n) is 14.1. The Morgan fingerprint density at radius 2 is 2.19 bits per heavy atom. The molecule has 3 heterocycles. The molecule has 3 rings (SSSR count). The Morgan fingerprint density at radius 1 is 1.42 bits per heavy atom. The molecule has 8 nitrogen and oxygen atoms in total. The number of thioether (sulfide) groups is 3. The van der Waals surface area contributed by atoms with Crippen LogP contribution in [0.3, 0.4) is 0 Å². The lowest BCUT2D eigenvalue weighted by Gasteiger charge is -2.49.